The molecule has 7 rings (SSSR count). The molecule has 0 radical (unpaired) electrons. The predicted octanol–water partition coefficient (Wildman–Crippen LogP) is 7.93. The van der Waals surface area contributed by atoms with Crippen LogP contribution in [-0.4, -0.2) is 19.2 Å². The smallest absolute Gasteiger partial charge is 0.136 e. The topological polar surface area (TPSA) is 35.1 Å². The summed E-state index contributed by atoms with van der Waals surface area (Å²) in [4.78, 5) is 4.40. The maximum Gasteiger partial charge on any atom is 0.136 e. The van der Waals surface area contributed by atoms with Gasteiger partial charge in [-0.1, -0.05) is 97.1 Å². The Hall–Kier alpha value is -5.03. The van der Waals surface area contributed by atoms with Crippen LogP contribution >= 0.6 is 0 Å². The molecule has 3 aromatic heterocycles. The summed E-state index contributed by atoms with van der Waals surface area (Å²) in [6.07, 6.45) is 17.3. The summed E-state index contributed by atoms with van der Waals surface area (Å²) < 4.78 is 19.4. The molecule has 3 aromatic carbocycles. The molecule has 0 bridgehead atoms. The van der Waals surface area contributed by atoms with Crippen LogP contribution in [0.2, 0.25) is 0 Å². The Bertz CT molecular complexity index is 1810. The number of aromatic nitrogens is 4. The van der Waals surface area contributed by atoms with E-state index < -0.39 is 5.54 Å². The summed E-state index contributed by atoms with van der Waals surface area (Å²) in [5.74, 6) is -0.233. The summed E-state index contributed by atoms with van der Waals surface area (Å²) >= 11 is 0. The summed E-state index contributed by atoms with van der Waals surface area (Å²) in [7, 11) is 0. The normalized spacial score (nSPS) is 15.1. The van der Waals surface area contributed by atoms with Gasteiger partial charge in [0.25, 0.3) is 0 Å². The van der Waals surface area contributed by atoms with Gasteiger partial charge in [-0.3, -0.25) is 4.68 Å². The first-order valence-electron chi connectivity index (χ1n) is 13.5. The first-order chi connectivity index (χ1) is 19.7. The van der Waals surface area contributed by atoms with Crippen molar-refractivity contribution < 1.29 is 4.39 Å². The third-order valence-electron chi connectivity index (χ3n) is 7.85. The molecule has 0 amide bonds. The second-order valence-corrected chi connectivity index (χ2v) is 10.1. The van der Waals surface area contributed by atoms with E-state index in [1.807, 2.05) is 47.1 Å². The molecule has 4 nitrogen and oxygen atoms in total. The van der Waals surface area contributed by atoms with Crippen molar-refractivity contribution in [3.05, 3.63) is 163 Å². The van der Waals surface area contributed by atoms with Crippen LogP contribution in [0, 0.1) is 11.7 Å². The van der Waals surface area contributed by atoms with E-state index in [4.69, 9.17) is 5.10 Å². The minimum atomic E-state index is -0.679. The van der Waals surface area contributed by atoms with Crippen LogP contribution in [-0.2, 0) is 5.54 Å². The molecular formula is C35H27FN4. The molecule has 194 valence electrons. The molecular weight excluding hydrogens is 495 g/mol. The fraction of sp³-hybridized carbons (Fsp3) is 0.0857. The Morgan fingerprint density at radius 3 is 2.17 bits per heavy atom. The maximum atomic E-state index is 15.4. The van der Waals surface area contributed by atoms with Gasteiger partial charge in [0, 0.05) is 47.4 Å². The van der Waals surface area contributed by atoms with E-state index in [0.29, 0.717) is 11.3 Å². The van der Waals surface area contributed by atoms with E-state index >= 15 is 4.39 Å². The van der Waals surface area contributed by atoms with Gasteiger partial charge >= 0.3 is 0 Å². The summed E-state index contributed by atoms with van der Waals surface area (Å²) in [6.45, 7) is 0. The molecule has 0 saturated heterocycles. The van der Waals surface area contributed by atoms with Gasteiger partial charge in [0.1, 0.15) is 22.7 Å². The largest absolute Gasteiger partial charge is 0.306 e. The quantitative estimate of drug-likeness (QED) is 0.223. The lowest BCUT2D eigenvalue weighted by Gasteiger charge is -2.41. The predicted molar refractivity (Wildman–Crippen MR) is 157 cm³/mol. The highest BCUT2D eigenvalue weighted by atomic mass is 19.1. The lowest BCUT2D eigenvalue weighted by Crippen LogP contribution is -2.43. The van der Waals surface area contributed by atoms with Crippen LogP contribution in [0.1, 0.15) is 17.5 Å². The van der Waals surface area contributed by atoms with E-state index in [1.165, 1.54) is 6.07 Å². The molecule has 0 fully saturated rings. The zero-order valence-corrected chi connectivity index (χ0v) is 21.8. The minimum absolute atomic E-state index is 0.0691. The molecule has 0 N–H and O–H groups in total. The fourth-order valence-corrected chi connectivity index (χ4v) is 6.00. The number of allylic oxidation sites excluding steroid dienone is 4. The summed E-state index contributed by atoms with van der Waals surface area (Å²) in [6, 6.07) is 31.9. The number of nitrogens with zero attached hydrogens (tertiary/aromatic N) is 4. The second-order valence-electron chi connectivity index (χ2n) is 10.1. The van der Waals surface area contributed by atoms with Crippen molar-refractivity contribution in [1.82, 2.24) is 19.2 Å². The highest BCUT2D eigenvalue weighted by Gasteiger charge is 2.44. The van der Waals surface area contributed by atoms with Gasteiger partial charge in [-0.2, -0.15) is 5.10 Å². The van der Waals surface area contributed by atoms with Crippen LogP contribution in [0.5, 0.6) is 0 Å². The van der Waals surface area contributed by atoms with E-state index in [2.05, 4.69) is 88.7 Å². The maximum absolute atomic E-state index is 15.4. The monoisotopic (exact) mass is 522 g/mol. The lowest BCUT2D eigenvalue weighted by molar-refractivity contribution is 0.293. The Morgan fingerprint density at radius 1 is 0.750 bits per heavy atom. The lowest BCUT2D eigenvalue weighted by atomic mass is 9.70. The molecule has 1 atom stereocenters. The molecule has 1 unspecified atom stereocenters. The van der Waals surface area contributed by atoms with Crippen molar-refractivity contribution in [1.29, 1.82) is 0 Å². The standard InChI is InChI=1S/C35H27FN4/c36-32-19-11-10-18-30(32)34-31(26-20-21-33-37-22-23-39(33)24-26)25-40(38-34)35(27-12-4-1-5-13-27,28-14-6-2-7-15-28)29-16-8-3-9-17-29/h1-16,18-25,29H,17H2. The first-order valence-corrected chi connectivity index (χ1v) is 13.5. The number of imidazole rings is 1. The Kier molecular flexibility index (Phi) is 5.97. The van der Waals surface area contributed by atoms with Crippen LogP contribution in [0.25, 0.3) is 28.0 Å². The molecule has 6 aromatic rings. The SMILES string of the molecule is Fc1ccccc1-c1nn(C(c2ccccc2)(c2ccccc2)C2C=CC=CC2)cc1-c1ccc2nccn2c1. The van der Waals surface area contributed by atoms with Crippen LogP contribution in [0.4, 0.5) is 4.39 Å². The van der Waals surface area contributed by atoms with E-state index in [1.54, 1.807) is 18.3 Å². The van der Waals surface area contributed by atoms with Crippen molar-refractivity contribution in [2.45, 2.75) is 12.0 Å². The molecule has 0 spiro atoms. The van der Waals surface area contributed by atoms with E-state index in [-0.39, 0.29) is 11.7 Å². The number of halogens is 1. The minimum Gasteiger partial charge on any atom is -0.306 e. The van der Waals surface area contributed by atoms with Gasteiger partial charge in [0.05, 0.1) is 0 Å². The van der Waals surface area contributed by atoms with Crippen molar-refractivity contribution in [2.24, 2.45) is 5.92 Å². The molecule has 5 heteroatoms. The van der Waals surface area contributed by atoms with Crippen molar-refractivity contribution in [3.63, 3.8) is 0 Å². The van der Waals surface area contributed by atoms with Crippen molar-refractivity contribution >= 4 is 5.65 Å². The Balaban J connectivity index is 1.56. The summed E-state index contributed by atoms with van der Waals surface area (Å²) in [5.41, 5.74) is 5.26. The van der Waals surface area contributed by atoms with Crippen LogP contribution < -0.4 is 0 Å². The number of pyridine rings is 1. The molecule has 1 aliphatic rings. The Labute approximate surface area is 232 Å². The zero-order chi connectivity index (χ0) is 26.9. The number of rotatable bonds is 6. The number of benzene rings is 3. The van der Waals surface area contributed by atoms with Gasteiger partial charge < -0.3 is 4.40 Å². The van der Waals surface area contributed by atoms with Gasteiger partial charge in [-0.25, -0.2) is 9.37 Å². The van der Waals surface area contributed by atoms with Crippen molar-refractivity contribution in [2.75, 3.05) is 0 Å². The number of hydrogen-bond acceptors (Lipinski definition) is 2. The van der Waals surface area contributed by atoms with Gasteiger partial charge in [-0.05, 0) is 41.8 Å². The molecule has 0 saturated carbocycles. The second kappa shape index (κ2) is 9.93. The Morgan fingerprint density at radius 2 is 1.48 bits per heavy atom. The average Bonchev–Trinajstić information content (AvgIpc) is 3.67. The fourth-order valence-electron chi connectivity index (χ4n) is 6.00. The highest BCUT2D eigenvalue weighted by Crippen LogP contribution is 2.46. The van der Waals surface area contributed by atoms with Gasteiger partial charge in [0.15, 0.2) is 0 Å². The third-order valence-corrected chi connectivity index (χ3v) is 7.85. The van der Waals surface area contributed by atoms with E-state index in [0.717, 1.165) is 34.3 Å². The molecule has 1 aliphatic carbocycles. The highest BCUT2D eigenvalue weighted by molar-refractivity contribution is 5.81. The van der Waals surface area contributed by atoms with Crippen LogP contribution in [0.15, 0.2) is 146 Å². The molecule has 0 aliphatic heterocycles. The van der Waals surface area contributed by atoms with E-state index in [9.17, 15) is 0 Å². The van der Waals surface area contributed by atoms with Crippen LogP contribution in [0.3, 0.4) is 0 Å². The van der Waals surface area contributed by atoms with Gasteiger partial charge in [-0.15, -0.1) is 0 Å². The average molecular weight is 523 g/mol. The van der Waals surface area contributed by atoms with Gasteiger partial charge in [0.2, 0.25) is 0 Å². The van der Waals surface area contributed by atoms with Crippen molar-refractivity contribution in [3.8, 4) is 22.4 Å². The number of hydrogen-bond donors (Lipinski definition) is 0. The third kappa shape index (κ3) is 3.90. The molecule has 3 heterocycles. The first kappa shape index (κ1) is 24.0. The summed E-state index contributed by atoms with van der Waals surface area (Å²) in [5, 5.41) is 5.28. The molecule has 40 heavy (non-hydrogen) atoms. The zero-order valence-electron chi connectivity index (χ0n) is 21.8. The number of fused-ring (bicyclic) bond motifs is 1.